The molecule has 0 saturated heterocycles. The third-order valence-corrected chi connectivity index (χ3v) is 3.81. The SMILES string of the molecule is CCO[P+](O)(OCC)C(=O)C(Cl)Cl. The largest absolute Gasteiger partial charge is 0.486 e. The molecule has 0 aliphatic rings. The zero-order chi connectivity index (χ0) is 10.5. The van der Waals surface area contributed by atoms with Gasteiger partial charge in [-0.1, -0.05) is 23.2 Å². The molecule has 0 amide bonds. The van der Waals surface area contributed by atoms with Gasteiger partial charge in [0.2, 0.25) is 4.84 Å². The average molecular weight is 250 g/mol. The molecule has 0 aliphatic heterocycles. The summed E-state index contributed by atoms with van der Waals surface area (Å²) in [6.07, 6.45) is 0. The third-order valence-electron chi connectivity index (χ3n) is 1.07. The first kappa shape index (κ1) is 13.6. The molecule has 1 N–H and O–H groups in total. The molecule has 0 bridgehead atoms. The Morgan fingerprint density at radius 2 is 1.77 bits per heavy atom. The van der Waals surface area contributed by atoms with Crippen molar-refractivity contribution in [2.45, 2.75) is 18.7 Å². The Morgan fingerprint density at radius 3 is 2.00 bits per heavy atom. The van der Waals surface area contributed by atoms with Crippen molar-refractivity contribution < 1.29 is 18.7 Å². The Labute approximate surface area is 87.7 Å². The number of carbonyl (C=O) groups is 1. The lowest BCUT2D eigenvalue weighted by Gasteiger charge is -2.13. The van der Waals surface area contributed by atoms with Crippen LogP contribution in [0.1, 0.15) is 13.8 Å². The van der Waals surface area contributed by atoms with Crippen LogP contribution in [0.5, 0.6) is 0 Å². The van der Waals surface area contributed by atoms with E-state index >= 15 is 0 Å². The molecule has 0 unspecified atom stereocenters. The quantitative estimate of drug-likeness (QED) is 0.579. The zero-order valence-electron chi connectivity index (χ0n) is 7.37. The van der Waals surface area contributed by atoms with Crippen LogP contribution in [-0.2, 0) is 13.8 Å². The molecule has 0 aromatic heterocycles. The van der Waals surface area contributed by atoms with E-state index in [0.717, 1.165) is 0 Å². The summed E-state index contributed by atoms with van der Waals surface area (Å²) in [6, 6.07) is 0. The minimum atomic E-state index is -3.52. The van der Waals surface area contributed by atoms with Gasteiger partial charge in [0.25, 0.3) is 0 Å². The smallest absolute Gasteiger partial charge is 0.240 e. The third kappa shape index (κ3) is 4.07. The fraction of sp³-hybridized carbons (Fsp3) is 0.833. The fourth-order valence-electron chi connectivity index (χ4n) is 0.638. The molecule has 0 heterocycles. The monoisotopic (exact) mass is 249 g/mol. The van der Waals surface area contributed by atoms with E-state index in [1.807, 2.05) is 0 Å². The van der Waals surface area contributed by atoms with Crippen LogP contribution in [0.25, 0.3) is 0 Å². The normalized spacial score (nSPS) is 12.2. The minimum absolute atomic E-state index is 0.163. The highest BCUT2D eigenvalue weighted by molar-refractivity contribution is 7.78. The van der Waals surface area contributed by atoms with Gasteiger partial charge in [-0.15, -0.1) is 0 Å². The summed E-state index contributed by atoms with van der Waals surface area (Å²) in [5, 5.41) is 0. The molecule has 0 aromatic rings. The van der Waals surface area contributed by atoms with Gasteiger partial charge in [-0.3, -0.25) is 0 Å². The summed E-state index contributed by atoms with van der Waals surface area (Å²) in [4.78, 5) is 19.5. The van der Waals surface area contributed by atoms with Crippen LogP contribution in [0.2, 0.25) is 0 Å². The van der Waals surface area contributed by atoms with Gasteiger partial charge in [0, 0.05) is 0 Å². The van der Waals surface area contributed by atoms with Gasteiger partial charge in [0.05, 0.1) is 13.2 Å². The van der Waals surface area contributed by atoms with Crippen LogP contribution >= 0.6 is 31.1 Å². The fourth-order valence-corrected chi connectivity index (χ4v) is 2.65. The number of hydrogen-bond acceptors (Lipinski definition) is 4. The minimum Gasteiger partial charge on any atom is -0.240 e. The highest BCUT2D eigenvalue weighted by Crippen LogP contribution is 2.59. The van der Waals surface area contributed by atoms with E-state index in [0.29, 0.717) is 0 Å². The summed E-state index contributed by atoms with van der Waals surface area (Å²) >= 11 is 10.6. The first-order valence-electron chi connectivity index (χ1n) is 3.71. The van der Waals surface area contributed by atoms with Crippen LogP contribution in [-0.4, -0.2) is 28.5 Å². The molecule has 4 nitrogen and oxygen atoms in total. The predicted molar refractivity (Wildman–Crippen MR) is 52.9 cm³/mol. The number of rotatable bonds is 6. The first-order valence-corrected chi connectivity index (χ1v) is 6.16. The van der Waals surface area contributed by atoms with Gasteiger partial charge in [0.15, 0.2) is 0 Å². The van der Waals surface area contributed by atoms with E-state index in [2.05, 4.69) is 0 Å². The molecule has 0 fully saturated rings. The van der Waals surface area contributed by atoms with Crippen LogP contribution in [0.3, 0.4) is 0 Å². The van der Waals surface area contributed by atoms with E-state index in [-0.39, 0.29) is 13.2 Å². The molecule has 0 atom stereocenters. The molecule has 7 heteroatoms. The molecular formula is C6H12Cl2O4P+. The number of alkyl halides is 2. The average Bonchev–Trinajstić information content (AvgIpc) is 2.03. The summed E-state index contributed by atoms with van der Waals surface area (Å²) in [7, 11) is -3.52. The summed E-state index contributed by atoms with van der Waals surface area (Å²) in [5.41, 5.74) is -0.806. The highest BCUT2D eigenvalue weighted by atomic mass is 35.5. The van der Waals surface area contributed by atoms with Crippen molar-refractivity contribution in [3.8, 4) is 0 Å². The van der Waals surface area contributed by atoms with Gasteiger partial charge in [0.1, 0.15) is 0 Å². The molecule has 0 saturated carbocycles. The second kappa shape index (κ2) is 6.12. The Hall–Kier alpha value is 0.560. The van der Waals surface area contributed by atoms with Crippen molar-refractivity contribution in [2.75, 3.05) is 13.2 Å². The first-order chi connectivity index (χ1) is 5.98. The lowest BCUT2D eigenvalue weighted by Crippen LogP contribution is -2.18. The van der Waals surface area contributed by atoms with E-state index < -0.39 is 18.3 Å². The molecule has 0 aliphatic carbocycles. The maximum absolute atomic E-state index is 11.2. The molecule has 78 valence electrons. The maximum Gasteiger partial charge on any atom is 0.486 e. The van der Waals surface area contributed by atoms with E-state index in [1.165, 1.54) is 0 Å². The standard InChI is InChI=1S/C6H12Cl2O4P/c1-3-11-13(10,12-4-2)6(9)5(7)8/h5,10H,3-4H2,1-2H3/q+1. The summed E-state index contributed by atoms with van der Waals surface area (Å²) in [6.45, 7) is 3.59. The van der Waals surface area contributed by atoms with Crippen molar-refractivity contribution in [3.05, 3.63) is 0 Å². The Bertz CT molecular complexity index is 170. The molecule has 0 spiro atoms. The summed E-state index contributed by atoms with van der Waals surface area (Å²) < 4.78 is 9.64. The van der Waals surface area contributed by atoms with Crippen molar-refractivity contribution in [1.29, 1.82) is 0 Å². The topological polar surface area (TPSA) is 55.8 Å². The molecule has 0 aromatic carbocycles. The molecular weight excluding hydrogens is 238 g/mol. The van der Waals surface area contributed by atoms with Crippen LogP contribution in [0.4, 0.5) is 0 Å². The maximum atomic E-state index is 11.2. The molecule has 13 heavy (non-hydrogen) atoms. The predicted octanol–water partition coefficient (Wildman–Crippen LogP) is 2.14. The van der Waals surface area contributed by atoms with Crippen molar-refractivity contribution in [2.24, 2.45) is 0 Å². The Morgan fingerprint density at radius 1 is 1.38 bits per heavy atom. The van der Waals surface area contributed by atoms with Gasteiger partial charge in [-0.25, -0.2) is 4.79 Å². The van der Waals surface area contributed by atoms with Gasteiger partial charge >= 0.3 is 13.5 Å². The zero-order valence-corrected chi connectivity index (χ0v) is 9.77. The number of hydrogen-bond donors (Lipinski definition) is 1. The molecule has 0 radical (unpaired) electrons. The van der Waals surface area contributed by atoms with Crippen LogP contribution in [0, 0.1) is 0 Å². The number of halogens is 2. The number of carbonyl (C=O) groups excluding carboxylic acids is 1. The second-order valence-corrected chi connectivity index (χ2v) is 5.09. The lowest BCUT2D eigenvalue weighted by molar-refractivity contribution is -0.113. The van der Waals surface area contributed by atoms with Crippen LogP contribution < -0.4 is 0 Å². The van der Waals surface area contributed by atoms with Gasteiger partial charge < -0.3 is 0 Å². The van der Waals surface area contributed by atoms with Crippen molar-refractivity contribution in [3.63, 3.8) is 0 Å². The van der Waals surface area contributed by atoms with E-state index in [4.69, 9.17) is 32.2 Å². The van der Waals surface area contributed by atoms with Crippen LogP contribution in [0.15, 0.2) is 0 Å². The van der Waals surface area contributed by atoms with Gasteiger partial charge in [-0.2, -0.15) is 13.9 Å². The lowest BCUT2D eigenvalue weighted by atomic mass is 10.9. The van der Waals surface area contributed by atoms with E-state index in [9.17, 15) is 9.69 Å². The second-order valence-electron chi connectivity index (χ2n) is 1.99. The summed E-state index contributed by atoms with van der Waals surface area (Å²) in [5.74, 6) is 0. The van der Waals surface area contributed by atoms with Crippen molar-refractivity contribution in [1.82, 2.24) is 0 Å². The van der Waals surface area contributed by atoms with E-state index in [1.54, 1.807) is 13.8 Å². The molecule has 0 rings (SSSR count). The van der Waals surface area contributed by atoms with Crippen molar-refractivity contribution >= 4 is 36.7 Å². The highest BCUT2D eigenvalue weighted by Gasteiger charge is 2.53. The Balaban J connectivity index is 4.46. The Kier molecular flexibility index (Phi) is 6.38. The van der Waals surface area contributed by atoms with Gasteiger partial charge in [-0.05, 0) is 13.8 Å².